The van der Waals surface area contributed by atoms with Gasteiger partial charge in [-0.2, -0.15) is 0 Å². The zero-order valence-electron chi connectivity index (χ0n) is 23.3. The number of aliphatic hydroxyl groups is 4. The van der Waals surface area contributed by atoms with Crippen molar-refractivity contribution in [2.45, 2.75) is 116 Å². The molecule has 0 heterocycles. The molecule has 4 N–H and O–H groups in total. The summed E-state index contributed by atoms with van der Waals surface area (Å²) in [6, 6.07) is 0. The summed E-state index contributed by atoms with van der Waals surface area (Å²) in [6.07, 6.45) is 4.31. The van der Waals surface area contributed by atoms with Gasteiger partial charge in [-0.3, -0.25) is 4.18 Å². The van der Waals surface area contributed by atoms with Crippen LogP contribution in [-0.4, -0.2) is 63.9 Å². The summed E-state index contributed by atoms with van der Waals surface area (Å²) in [7, 11) is -4.90. The number of hydrogen-bond acceptors (Lipinski definition) is 8. The average molecular weight is 555 g/mol. The summed E-state index contributed by atoms with van der Waals surface area (Å²) in [5.74, 6) is 0.506. The topological polar surface area (TPSA) is 147 Å². The minimum absolute atomic E-state index is 0. The second kappa shape index (κ2) is 11.5. The van der Waals surface area contributed by atoms with Crippen LogP contribution in [0.1, 0.15) is 91.9 Å². The maximum absolute atomic E-state index is 11.8. The summed E-state index contributed by atoms with van der Waals surface area (Å²) in [5, 5.41) is 42.6. The van der Waals surface area contributed by atoms with E-state index in [0.29, 0.717) is 31.6 Å². The van der Waals surface area contributed by atoms with Crippen molar-refractivity contribution in [3.63, 3.8) is 0 Å². The molecule has 0 unspecified atom stereocenters. The Labute approximate surface area is 245 Å². The van der Waals surface area contributed by atoms with Crippen LogP contribution in [0.25, 0.3) is 0 Å². The van der Waals surface area contributed by atoms with E-state index in [1.165, 1.54) is 0 Å². The fraction of sp³-hybridized carbons (Fsp3) is 1.00. The molecule has 0 aliphatic heterocycles. The molecule has 0 amide bonds. The molecule has 4 saturated carbocycles. The van der Waals surface area contributed by atoms with Crippen LogP contribution in [0.15, 0.2) is 0 Å². The molecule has 12 atom stereocenters. The quantitative estimate of drug-likeness (QED) is 0.186. The molecule has 4 fully saturated rings. The van der Waals surface area contributed by atoms with E-state index in [1.807, 2.05) is 13.8 Å². The summed E-state index contributed by atoms with van der Waals surface area (Å²) < 4.78 is 40.7. The van der Waals surface area contributed by atoms with Crippen molar-refractivity contribution in [1.29, 1.82) is 0 Å². The van der Waals surface area contributed by atoms with E-state index < -0.39 is 39.7 Å². The number of rotatable bonds is 8. The third-order valence-corrected chi connectivity index (χ3v) is 11.9. The van der Waals surface area contributed by atoms with E-state index in [4.69, 9.17) is 4.18 Å². The third kappa shape index (κ3) is 5.75. The molecule has 0 aromatic carbocycles. The molecule has 0 radical (unpaired) electrons. The Morgan fingerprint density at radius 2 is 1.76 bits per heavy atom. The summed E-state index contributed by atoms with van der Waals surface area (Å²) in [4.78, 5) is 0. The molecule has 0 spiro atoms. The molecule has 4 rings (SSSR count). The Hall–Kier alpha value is 0.710. The second-order valence-electron chi connectivity index (χ2n) is 13.4. The molecular weight excluding hydrogens is 507 g/mol. The molecule has 4 aliphatic carbocycles. The van der Waals surface area contributed by atoms with E-state index in [9.17, 15) is 33.4 Å². The van der Waals surface area contributed by atoms with Gasteiger partial charge >= 0.3 is 29.6 Å². The molecular formula is C27H47NaO8S. The summed E-state index contributed by atoms with van der Waals surface area (Å²) >= 11 is 0. The van der Waals surface area contributed by atoms with Gasteiger partial charge in [-0.15, -0.1) is 0 Å². The van der Waals surface area contributed by atoms with Gasteiger partial charge in [0.1, 0.15) is 0 Å². The van der Waals surface area contributed by atoms with Crippen molar-refractivity contribution in [2.24, 2.45) is 46.3 Å². The number of aliphatic hydroxyl groups excluding tert-OH is 3. The van der Waals surface area contributed by atoms with Crippen LogP contribution in [0, 0.1) is 46.3 Å². The van der Waals surface area contributed by atoms with Gasteiger partial charge in [0.15, 0.2) is 0 Å². The Bertz CT molecular complexity index is 903. The third-order valence-electron chi connectivity index (χ3n) is 11.5. The predicted octanol–water partition coefficient (Wildman–Crippen LogP) is -0.0140. The van der Waals surface area contributed by atoms with Gasteiger partial charge in [0.25, 0.3) is 0 Å². The minimum Gasteiger partial charge on any atom is -0.726 e. The van der Waals surface area contributed by atoms with Gasteiger partial charge in [0.2, 0.25) is 10.4 Å². The molecule has 0 saturated heterocycles. The second-order valence-corrected chi connectivity index (χ2v) is 14.4. The molecule has 0 aromatic rings. The van der Waals surface area contributed by atoms with E-state index in [0.717, 1.165) is 32.1 Å². The minimum atomic E-state index is -4.90. The number of fused-ring (bicyclic) bond motifs is 5. The van der Waals surface area contributed by atoms with E-state index >= 15 is 0 Å². The Kier molecular flexibility index (Phi) is 10.0. The van der Waals surface area contributed by atoms with Crippen molar-refractivity contribution in [1.82, 2.24) is 0 Å². The monoisotopic (exact) mass is 554 g/mol. The van der Waals surface area contributed by atoms with Crippen LogP contribution in [-0.2, 0) is 14.6 Å². The van der Waals surface area contributed by atoms with Crippen LogP contribution in [0.5, 0.6) is 0 Å². The SMILES string of the molecule is C[C@H](CO)CCC[C@@H](C)[C@H]1C[C@H](OS(=O)(=O)[O-])[C@H]2[C@@H]3C[C@@H](O)[C@@]4(O)C[C@@H](O)CC[C@]4(C)[C@H]3CC[C@@]21C.[Na+]. The van der Waals surface area contributed by atoms with Crippen molar-refractivity contribution in [3.8, 4) is 0 Å². The molecule has 210 valence electrons. The fourth-order valence-electron chi connectivity index (χ4n) is 9.55. The van der Waals surface area contributed by atoms with E-state index in [-0.39, 0.29) is 77.6 Å². The molecule has 0 aromatic heterocycles. The molecule has 4 aliphatic rings. The Balaban J connectivity index is 0.00000380. The van der Waals surface area contributed by atoms with Gasteiger partial charge in [-0.05, 0) is 85.9 Å². The molecule has 0 bridgehead atoms. The normalized spacial score (nSPS) is 47.2. The van der Waals surface area contributed by atoms with Crippen LogP contribution in [0.2, 0.25) is 0 Å². The van der Waals surface area contributed by atoms with Crippen molar-refractivity contribution in [2.75, 3.05) is 6.61 Å². The average Bonchev–Trinajstić information content (AvgIpc) is 3.06. The first-order valence-corrected chi connectivity index (χ1v) is 15.3. The van der Waals surface area contributed by atoms with Gasteiger partial charge < -0.3 is 25.0 Å². The summed E-state index contributed by atoms with van der Waals surface area (Å²) in [6.45, 7) is 8.64. The zero-order chi connectivity index (χ0) is 26.7. The van der Waals surface area contributed by atoms with Crippen LogP contribution in [0.3, 0.4) is 0 Å². The van der Waals surface area contributed by atoms with E-state index in [2.05, 4.69) is 13.8 Å². The molecule has 37 heavy (non-hydrogen) atoms. The Morgan fingerprint density at radius 1 is 1.08 bits per heavy atom. The molecule has 10 heteroatoms. The van der Waals surface area contributed by atoms with Crippen LogP contribution in [0.4, 0.5) is 0 Å². The molecule has 8 nitrogen and oxygen atoms in total. The maximum atomic E-state index is 11.8. The van der Waals surface area contributed by atoms with Gasteiger partial charge in [-0.25, -0.2) is 8.42 Å². The number of hydrogen-bond donors (Lipinski definition) is 4. The maximum Gasteiger partial charge on any atom is 1.00 e. The van der Waals surface area contributed by atoms with Crippen molar-refractivity contribution < 1.29 is 67.1 Å². The van der Waals surface area contributed by atoms with Crippen molar-refractivity contribution in [3.05, 3.63) is 0 Å². The van der Waals surface area contributed by atoms with Crippen LogP contribution >= 0.6 is 0 Å². The Morgan fingerprint density at radius 3 is 2.38 bits per heavy atom. The summed E-state index contributed by atoms with van der Waals surface area (Å²) in [5.41, 5.74) is -2.21. The van der Waals surface area contributed by atoms with Gasteiger partial charge in [0.05, 0.1) is 23.9 Å². The smallest absolute Gasteiger partial charge is 0.726 e. The van der Waals surface area contributed by atoms with Gasteiger partial charge in [-0.1, -0.05) is 40.5 Å². The zero-order valence-corrected chi connectivity index (χ0v) is 26.1. The van der Waals surface area contributed by atoms with Crippen LogP contribution < -0.4 is 29.6 Å². The largest absolute Gasteiger partial charge is 1.00 e. The first-order valence-electron chi connectivity index (χ1n) is 14.0. The standard InChI is InChI=1S/C27H48O8S.Na/c1-16(15-28)6-5-7-17(2)21-13-22(35-36(32,33)34)24-19-12-23(30)27(31)14-18(29)8-11-26(27,4)20(19)9-10-25(21,24)3;/h16-24,28-31H,5-15H2,1-4H3,(H,32,33,34);/q;+1/p-1/t16-,17+,18-,19+,20-,21+,22-,23+,24+,25+,26+,27-;/m0./s1. The van der Waals surface area contributed by atoms with E-state index in [1.54, 1.807) is 0 Å². The fourth-order valence-corrected chi connectivity index (χ4v) is 10.1. The van der Waals surface area contributed by atoms with Gasteiger partial charge in [0, 0.05) is 18.4 Å². The first kappa shape index (κ1) is 32.2. The van der Waals surface area contributed by atoms with Crippen molar-refractivity contribution >= 4 is 10.4 Å². The predicted molar refractivity (Wildman–Crippen MR) is 133 cm³/mol. The first-order chi connectivity index (χ1) is 16.7.